The van der Waals surface area contributed by atoms with E-state index in [0.717, 1.165) is 12.8 Å². The summed E-state index contributed by atoms with van der Waals surface area (Å²) in [5.74, 6) is -0.153. The second-order valence-electron chi connectivity index (χ2n) is 7.74. The average molecular weight is 438 g/mol. The fourth-order valence-corrected chi connectivity index (χ4v) is 3.89. The Bertz CT molecular complexity index is 1140. The normalized spacial score (nSPS) is 21.5. The summed E-state index contributed by atoms with van der Waals surface area (Å²) in [6, 6.07) is 2.93. The van der Waals surface area contributed by atoms with Crippen LogP contribution in [0.2, 0.25) is 0 Å². The summed E-state index contributed by atoms with van der Waals surface area (Å²) in [6.07, 6.45) is 7.75. The molecule has 0 aliphatic heterocycles. The summed E-state index contributed by atoms with van der Waals surface area (Å²) in [7, 11) is 0. The van der Waals surface area contributed by atoms with E-state index in [1.807, 2.05) is 13.0 Å². The molecule has 9 nitrogen and oxygen atoms in total. The molecular formula is C21H20ClN7O2. The van der Waals surface area contributed by atoms with Gasteiger partial charge in [-0.2, -0.15) is 15.0 Å². The number of aromatic nitrogens is 5. The summed E-state index contributed by atoms with van der Waals surface area (Å²) in [4.78, 5) is 37.9. The SMILES string of the molecule is CC1C(C(=O)C2CC2)=CC(Cl)=CC1C(=O)N[C@@H](C)c1ncnn1-c1cc(C#N)ncn1. The van der Waals surface area contributed by atoms with Gasteiger partial charge in [0.1, 0.15) is 24.4 Å². The number of nitrogens with one attached hydrogen (secondary N) is 1. The molecule has 2 aromatic heterocycles. The number of carbonyl (C=O) groups excluding carboxylic acids is 2. The fraction of sp³-hybridized carbons (Fsp3) is 0.381. The van der Waals surface area contributed by atoms with Crippen molar-refractivity contribution in [1.82, 2.24) is 30.0 Å². The van der Waals surface area contributed by atoms with Gasteiger partial charge in [0.2, 0.25) is 5.91 Å². The minimum atomic E-state index is -0.571. The predicted molar refractivity (Wildman–Crippen MR) is 111 cm³/mol. The maximum Gasteiger partial charge on any atom is 0.228 e. The molecule has 0 radical (unpaired) electrons. The van der Waals surface area contributed by atoms with Gasteiger partial charge in [0.05, 0.1) is 12.0 Å². The minimum Gasteiger partial charge on any atom is -0.346 e. The zero-order chi connectivity index (χ0) is 22.1. The van der Waals surface area contributed by atoms with Gasteiger partial charge in [-0.1, -0.05) is 24.6 Å². The van der Waals surface area contributed by atoms with Gasteiger partial charge in [0.25, 0.3) is 0 Å². The predicted octanol–water partition coefficient (Wildman–Crippen LogP) is 2.40. The van der Waals surface area contributed by atoms with Gasteiger partial charge in [-0.25, -0.2) is 15.0 Å². The van der Waals surface area contributed by atoms with Crippen molar-refractivity contribution in [3.63, 3.8) is 0 Å². The number of amides is 1. The lowest BCUT2D eigenvalue weighted by atomic mass is 9.80. The van der Waals surface area contributed by atoms with Crippen LogP contribution < -0.4 is 5.32 Å². The monoisotopic (exact) mass is 437 g/mol. The molecule has 1 fully saturated rings. The largest absolute Gasteiger partial charge is 0.346 e. The smallest absolute Gasteiger partial charge is 0.228 e. The molecule has 0 saturated heterocycles. The Balaban J connectivity index is 1.52. The molecule has 2 unspecified atom stereocenters. The number of hydrogen-bond donors (Lipinski definition) is 1. The van der Waals surface area contributed by atoms with Gasteiger partial charge in [0, 0.05) is 22.6 Å². The Morgan fingerprint density at radius 1 is 1.29 bits per heavy atom. The third-order valence-corrected chi connectivity index (χ3v) is 5.74. The first-order chi connectivity index (χ1) is 14.9. The highest BCUT2D eigenvalue weighted by atomic mass is 35.5. The molecule has 10 heteroatoms. The second-order valence-corrected chi connectivity index (χ2v) is 8.17. The molecule has 0 bridgehead atoms. The van der Waals surface area contributed by atoms with Gasteiger partial charge in [-0.3, -0.25) is 9.59 Å². The van der Waals surface area contributed by atoms with Crippen LogP contribution in [0.3, 0.4) is 0 Å². The lowest BCUT2D eigenvalue weighted by molar-refractivity contribution is -0.125. The van der Waals surface area contributed by atoms with E-state index in [1.54, 1.807) is 19.1 Å². The molecule has 1 N–H and O–H groups in total. The number of nitriles is 1. The van der Waals surface area contributed by atoms with E-state index in [0.29, 0.717) is 22.2 Å². The summed E-state index contributed by atoms with van der Waals surface area (Å²) in [5, 5.41) is 16.5. The van der Waals surface area contributed by atoms with E-state index in [2.05, 4.69) is 25.4 Å². The van der Waals surface area contributed by atoms with Crippen LogP contribution in [0, 0.1) is 29.1 Å². The van der Waals surface area contributed by atoms with Crippen LogP contribution in [0.5, 0.6) is 0 Å². The van der Waals surface area contributed by atoms with Crippen molar-refractivity contribution in [2.24, 2.45) is 17.8 Å². The Kier molecular flexibility index (Phi) is 5.65. The van der Waals surface area contributed by atoms with Crippen molar-refractivity contribution < 1.29 is 9.59 Å². The number of nitrogens with zero attached hydrogens (tertiary/aromatic N) is 6. The first kappa shape index (κ1) is 20.9. The number of carbonyl (C=O) groups is 2. The second kappa shape index (κ2) is 8.40. The molecule has 158 valence electrons. The fourth-order valence-electron chi connectivity index (χ4n) is 3.64. The molecule has 2 aliphatic rings. The van der Waals surface area contributed by atoms with Crippen LogP contribution in [-0.4, -0.2) is 36.4 Å². The molecule has 2 aliphatic carbocycles. The van der Waals surface area contributed by atoms with E-state index in [9.17, 15) is 9.59 Å². The molecule has 4 rings (SSSR count). The van der Waals surface area contributed by atoms with Crippen LogP contribution in [0.4, 0.5) is 0 Å². The van der Waals surface area contributed by atoms with E-state index in [-0.39, 0.29) is 29.2 Å². The topological polar surface area (TPSA) is 126 Å². The van der Waals surface area contributed by atoms with Crippen LogP contribution in [0.15, 0.2) is 41.5 Å². The number of rotatable bonds is 6. The summed E-state index contributed by atoms with van der Waals surface area (Å²) < 4.78 is 1.45. The third kappa shape index (κ3) is 4.25. The highest BCUT2D eigenvalue weighted by molar-refractivity contribution is 6.32. The van der Waals surface area contributed by atoms with Crippen LogP contribution in [-0.2, 0) is 9.59 Å². The Hall–Kier alpha value is -3.38. The van der Waals surface area contributed by atoms with Crippen molar-refractivity contribution in [1.29, 1.82) is 5.26 Å². The molecule has 2 aromatic rings. The van der Waals surface area contributed by atoms with Crippen molar-refractivity contribution in [3.8, 4) is 11.9 Å². The Morgan fingerprint density at radius 3 is 2.77 bits per heavy atom. The number of hydrogen-bond acceptors (Lipinski definition) is 7. The molecule has 1 amide bonds. The molecule has 2 heterocycles. The van der Waals surface area contributed by atoms with Crippen molar-refractivity contribution in [2.75, 3.05) is 0 Å². The van der Waals surface area contributed by atoms with E-state index >= 15 is 0 Å². The highest BCUT2D eigenvalue weighted by Crippen LogP contribution is 2.39. The molecule has 1 saturated carbocycles. The number of ketones is 1. The van der Waals surface area contributed by atoms with Crippen LogP contribution >= 0.6 is 11.6 Å². The standard InChI is InChI=1S/C21H20ClN7O2/c1-11-16(19(30)13-3-4-13)5-14(22)6-17(11)21(31)28-12(2)20-26-10-27-29(20)18-7-15(8-23)24-9-25-18/h5-7,9-13,17H,3-4H2,1-2H3,(H,28,31)/t11?,12-,17?/m0/s1. The van der Waals surface area contributed by atoms with E-state index in [1.165, 1.54) is 23.4 Å². The first-order valence-corrected chi connectivity index (χ1v) is 10.3. The van der Waals surface area contributed by atoms with Crippen molar-refractivity contribution in [2.45, 2.75) is 32.7 Å². The Labute approximate surface area is 183 Å². The van der Waals surface area contributed by atoms with Crippen LogP contribution in [0.1, 0.15) is 44.2 Å². The third-order valence-electron chi connectivity index (χ3n) is 5.50. The van der Waals surface area contributed by atoms with Gasteiger partial charge in [-0.05, 0) is 31.8 Å². The quantitative estimate of drug-likeness (QED) is 0.734. The molecule has 0 aromatic carbocycles. The van der Waals surface area contributed by atoms with Crippen molar-refractivity contribution in [3.05, 3.63) is 53.0 Å². The van der Waals surface area contributed by atoms with E-state index in [4.69, 9.17) is 16.9 Å². The van der Waals surface area contributed by atoms with Crippen molar-refractivity contribution >= 4 is 23.3 Å². The van der Waals surface area contributed by atoms with Crippen LogP contribution in [0.25, 0.3) is 5.82 Å². The average Bonchev–Trinajstić information content (AvgIpc) is 3.50. The zero-order valence-corrected chi connectivity index (χ0v) is 17.7. The molecule has 3 atom stereocenters. The van der Waals surface area contributed by atoms with Gasteiger partial charge in [0.15, 0.2) is 17.4 Å². The number of Topliss-reactive ketones (excluding diaryl/α,β-unsaturated/α-hetero) is 1. The van der Waals surface area contributed by atoms with Gasteiger partial charge >= 0.3 is 0 Å². The Morgan fingerprint density at radius 2 is 2.06 bits per heavy atom. The zero-order valence-electron chi connectivity index (χ0n) is 17.0. The summed E-state index contributed by atoms with van der Waals surface area (Å²) in [6.45, 7) is 3.64. The van der Waals surface area contributed by atoms with E-state index < -0.39 is 12.0 Å². The summed E-state index contributed by atoms with van der Waals surface area (Å²) >= 11 is 6.24. The first-order valence-electron chi connectivity index (χ1n) is 9.95. The maximum atomic E-state index is 13.1. The minimum absolute atomic E-state index is 0.0589. The lowest BCUT2D eigenvalue weighted by Gasteiger charge is -2.27. The molecular weight excluding hydrogens is 418 g/mol. The summed E-state index contributed by atoms with van der Waals surface area (Å²) in [5.41, 5.74) is 0.801. The van der Waals surface area contributed by atoms with Gasteiger partial charge < -0.3 is 5.32 Å². The van der Waals surface area contributed by atoms with Gasteiger partial charge in [-0.15, -0.1) is 0 Å². The highest BCUT2D eigenvalue weighted by Gasteiger charge is 2.38. The number of allylic oxidation sites excluding steroid dienone is 3. The molecule has 31 heavy (non-hydrogen) atoms. The molecule has 0 spiro atoms. The maximum absolute atomic E-state index is 13.1. The lowest BCUT2D eigenvalue weighted by Crippen LogP contribution is -2.38. The number of halogens is 1.